The first-order valence-corrected chi connectivity index (χ1v) is 13.9. The Labute approximate surface area is 194 Å². The van der Waals surface area contributed by atoms with Crippen molar-refractivity contribution in [2.24, 2.45) is 0 Å². The summed E-state index contributed by atoms with van der Waals surface area (Å²) in [6.07, 6.45) is 3.45. The minimum atomic E-state index is -2.57. The molecule has 0 spiro atoms. The van der Waals surface area contributed by atoms with Crippen molar-refractivity contribution >= 4 is 30.5 Å². The summed E-state index contributed by atoms with van der Waals surface area (Å²) < 4.78 is 8.69. The summed E-state index contributed by atoms with van der Waals surface area (Å²) in [5, 5.41) is 2.80. The first-order chi connectivity index (χ1) is 15.3. The molecule has 4 rings (SSSR count). The van der Waals surface area contributed by atoms with Crippen molar-refractivity contribution in [2.45, 2.75) is 49.3 Å². The third kappa shape index (κ3) is 4.42. The number of hydrogen-bond acceptors (Lipinski definition) is 4. The molecule has 2 aromatic carbocycles. The minimum absolute atomic E-state index is 0.0205. The zero-order valence-corrected chi connectivity index (χ0v) is 20.6. The molecule has 5 nitrogen and oxygen atoms in total. The van der Waals surface area contributed by atoms with Gasteiger partial charge in [0, 0.05) is 24.1 Å². The summed E-state index contributed by atoms with van der Waals surface area (Å²) >= 11 is 1.76. The lowest BCUT2D eigenvalue weighted by atomic mass is 10.2. The van der Waals surface area contributed by atoms with Crippen LogP contribution in [0.3, 0.4) is 0 Å². The van der Waals surface area contributed by atoms with E-state index in [-0.39, 0.29) is 21.7 Å². The van der Waals surface area contributed by atoms with E-state index in [0.717, 1.165) is 12.8 Å². The van der Waals surface area contributed by atoms with Gasteiger partial charge in [0.2, 0.25) is 0 Å². The summed E-state index contributed by atoms with van der Waals surface area (Å²) in [6, 6.07) is 22.7. The van der Waals surface area contributed by atoms with Crippen molar-refractivity contribution < 1.29 is 4.43 Å². The second-order valence-corrected chi connectivity index (χ2v) is 15.1. The van der Waals surface area contributed by atoms with Crippen molar-refractivity contribution in [1.82, 2.24) is 9.55 Å². The van der Waals surface area contributed by atoms with E-state index < -0.39 is 8.32 Å². The number of nitrogens with one attached hydrogen (secondary N) is 1. The van der Waals surface area contributed by atoms with Crippen LogP contribution in [0.2, 0.25) is 5.04 Å². The van der Waals surface area contributed by atoms with Crippen LogP contribution in [-0.2, 0) is 4.43 Å². The molecule has 2 atom stereocenters. The molecule has 2 heterocycles. The Balaban J connectivity index is 1.62. The number of aromatic amines is 1. The van der Waals surface area contributed by atoms with E-state index in [4.69, 9.17) is 4.43 Å². The molecule has 32 heavy (non-hydrogen) atoms. The van der Waals surface area contributed by atoms with Crippen LogP contribution in [0, 0.1) is 0 Å². The number of H-pyrrole nitrogens is 1. The van der Waals surface area contributed by atoms with Gasteiger partial charge in [-0.25, -0.2) is 4.79 Å². The van der Waals surface area contributed by atoms with Crippen LogP contribution in [0.1, 0.15) is 39.0 Å². The molecule has 7 heteroatoms. The van der Waals surface area contributed by atoms with E-state index in [1.807, 2.05) is 0 Å². The third-order valence-electron chi connectivity index (χ3n) is 6.15. The van der Waals surface area contributed by atoms with Gasteiger partial charge in [-0.3, -0.25) is 14.3 Å². The molecule has 0 radical (unpaired) electrons. The summed E-state index contributed by atoms with van der Waals surface area (Å²) in [5.41, 5.74) is -0.704. The zero-order valence-electron chi connectivity index (χ0n) is 18.8. The summed E-state index contributed by atoms with van der Waals surface area (Å²) in [6.45, 7) is 7.48. The van der Waals surface area contributed by atoms with E-state index in [2.05, 4.69) is 86.4 Å². The summed E-state index contributed by atoms with van der Waals surface area (Å²) in [4.78, 5) is 26.0. The highest BCUT2D eigenvalue weighted by Gasteiger charge is 2.50. The zero-order chi connectivity index (χ0) is 22.8. The van der Waals surface area contributed by atoms with Crippen molar-refractivity contribution in [3.05, 3.63) is 93.8 Å². The number of aromatic nitrogens is 2. The van der Waals surface area contributed by atoms with Gasteiger partial charge in [0.15, 0.2) is 0 Å². The molecule has 3 aromatic rings. The average Bonchev–Trinajstić information content (AvgIpc) is 3.23. The first kappa shape index (κ1) is 22.8. The van der Waals surface area contributed by atoms with Crippen LogP contribution < -0.4 is 21.6 Å². The van der Waals surface area contributed by atoms with Crippen molar-refractivity contribution in [3.63, 3.8) is 0 Å². The van der Waals surface area contributed by atoms with Gasteiger partial charge in [-0.2, -0.15) is 0 Å². The van der Waals surface area contributed by atoms with Crippen LogP contribution >= 0.6 is 11.8 Å². The van der Waals surface area contributed by atoms with Gasteiger partial charge in [0.1, 0.15) is 0 Å². The second-order valence-electron chi connectivity index (χ2n) is 9.28. The molecule has 1 N–H and O–H groups in total. The highest BCUT2D eigenvalue weighted by molar-refractivity contribution is 8.00. The molecule has 1 aliphatic rings. The van der Waals surface area contributed by atoms with E-state index in [1.165, 1.54) is 16.4 Å². The monoisotopic (exact) mass is 466 g/mol. The van der Waals surface area contributed by atoms with E-state index in [9.17, 15) is 9.59 Å². The van der Waals surface area contributed by atoms with Crippen LogP contribution in [0.5, 0.6) is 0 Å². The lowest BCUT2D eigenvalue weighted by Crippen LogP contribution is -2.67. The molecule has 0 unspecified atom stereocenters. The minimum Gasteiger partial charge on any atom is -0.406 e. The standard InChI is InChI=1S/C25H30N2O3SSi/c1-25(2,3)32(20-10-6-4-7-11-20,21-12-8-5-9-13-21)30-18-19-14-15-23(31-19)27-17-16-22(28)26-24(27)29/h4-13,16-17,19,23H,14-15,18H2,1-3H3,(H,26,28,29)/t19-,23-/m0/s1. The lowest BCUT2D eigenvalue weighted by molar-refractivity contribution is 0.295. The highest BCUT2D eigenvalue weighted by Crippen LogP contribution is 2.42. The Hall–Kier alpha value is -2.35. The van der Waals surface area contributed by atoms with Gasteiger partial charge in [0.05, 0.1) is 5.37 Å². The number of rotatable bonds is 6. The fourth-order valence-electron chi connectivity index (χ4n) is 4.65. The SMILES string of the molecule is CC(C)(C)[Si](OC[C@@H]1CC[C@@H](n2ccc(=O)[nH]c2=O)S1)(c1ccccc1)c1ccccc1. The van der Waals surface area contributed by atoms with Crippen molar-refractivity contribution in [2.75, 3.05) is 6.61 Å². The molecular formula is C25H30N2O3SSi. The predicted molar refractivity (Wildman–Crippen MR) is 135 cm³/mol. The van der Waals surface area contributed by atoms with Gasteiger partial charge < -0.3 is 4.43 Å². The highest BCUT2D eigenvalue weighted by atomic mass is 32.2. The molecule has 0 bridgehead atoms. The van der Waals surface area contributed by atoms with E-state index in [0.29, 0.717) is 11.9 Å². The molecule has 1 aromatic heterocycles. The second kappa shape index (κ2) is 9.25. The maximum Gasteiger partial charge on any atom is 0.329 e. The van der Waals surface area contributed by atoms with E-state index in [1.54, 1.807) is 22.5 Å². The number of benzene rings is 2. The Morgan fingerprint density at radius 3 is 2.09 bits per heavy atom. The smallest absolute Gasteiger partial charge is 0.329 e. The molecular weight excluding hydrogens is 436 g/mol. The molecule has 168 valence electrons. The lowest BCUT2D eigenvalue weighted by Gasteiger charge is -2.43. The molecule has 1 aliphatic heterocycles. The van der Waals surface area contributed by atoms with Gasteiger partial charge in [-0.05, 0) is 28.3 Å². The molecule has 1 saturated heterocycles. The third-order valence-corrected chi connectivity index (χ3v) is 12.7. The first-order valence-electron chi connectivity index (χ1n) is 11.0. The Bertz CT molecular complexity index is 1120. The Morgan fingerprint density at radius 1 is 0.969 bits per heavy atom. The topological polar surface area (TPSA) is 64.1 Å². The summed E-state index contributed by atoms with van der Waals surface area (Å²) in [7, 11) is -2.57. The Morgan fingerprint density at radius 2 is 1.56 bits per heavy atom. The van der Waals surface area contributed by atoms with Crippen LogP contribution in [0.15, 0.2) is 82.5 Å². The van der Waals surface area contributed by atoms with Crippen LogP contribution in [-0.4, -0.2) is 29.7 Å². The number of hydrogen-bond donors (Lipinski definition) is 1. The number of nitrogens with zero attached hydrogens (tertiary/aromatic N) is 1. The van der Waals surface area contributed by atoms with Crippen molar-refractivity contribution in [3.8, 4) is 0 Å². The molecule has 0 saturated carbocycles. The molecule has 1 fully saturated rings. The largest absolute Gasteiger partial charge is 0.406 e. The average molecular weight is 467 g/mol. The maximum absolute atomic E-state index is 12.2. The summed E-state index contributed by atoms with van der Waals surface area (Å²) in [5.74, 6) is 0. The van der Waals surface area contributed by atoms with Crippen LogP contribution in [0.4, 0.5) is 0 Å². The van der Waals surface area contributed by atoms with Gasteiger partial charge in [-0.1, -0.05) is 81.4 Å². The maximum atomic E-state index is 12.2. The van der Waals surface area contributed by atoms with Gasteiger partial charge in [-0.15, -0.1) is 11.8 Å². The number of thioether (sulfide) groups is 1. The predicted octanol–water partition coefficient (Wildman–Crippen LogP) is 3.51. The molecule has 0 amide bonds. The molecule has 0 aliphatic carbocycles. The normalized spacial score (nSPS) is 19.2. The quantitative estimate of drug-likeness (QED) is 0.565. The Kier molecular flexibility index (Phi) is 6.60. The van der Waals surface area contributed by atoms with E-state index >= 15 is 0 Å². The van der Waals surface area contributed by atoms with Gasteiger partial charge >= 0.3 is 5.69 Å². The van der Waals surface area contributed by atoms with Crippen molar-refractivity contribution in [1.29, 1.82) is 0 Å². The fourth-order valence-corrected chi connectivity index (χ4v) is 10.8. The van der Waals surface area contributed by atoms with Crippen LogP contribution in [0.25, 0.3) is 0 Å². The fraction of sp³-hybridized carbons (Fsp3) is 0.360. The van der Waals surface area contributed by atoms with Gasteiger partial charge in [0.25, 0.3) is 13.9 Å².